The van der Waals surface area contributed by atoms with E-state index in [0.717, 1.165) is 12.3 Å². The number of hydrogen-bond acceptors (Lipinski definition) is 7. The van der Waals surface area contributed by atoms with Crippen molar-refractivity contribution in [3.63, 3.8) is 0 Å². The van der Waals surface area contributed by atoms with Crippen molar-refractivity contribution in [1.29, 1.82) is 0 Å². The molecule has 33 heavy (non-hydrogen) atoms. The van der Waals surface area contributed by atoms with Gasteiger partial charge >= 0.3 is 0 Å². The standard InChI is InChI=1S/C20H18ClFN6O4S/c1-32-19-12(4-3-7-24-19)18(29)23-8-9-28-17-15(33(2,30)31)16(26-20(28)27-17)25-14-6-5-11(22)10-13(14)21/h3-7,10H,8-9H2,1-2H3,(H,23,29)(H,25,26,27). The third-order valence-corrected chi connectivity index (χ3v) is 6.14. The van der Waals surface area contributed by atoms with E-state index in [0.29, 0.717) is 5.78 Å². The summed E-state index contributed by atoms with van der Waals surface area (Å²) in [6.45, 7) is 0.438. The van der Waals surface area contributed by atoms with Gasteiger partial charge in [-0.25, -0.2) is 22.8 Å². The van der Waals surface area contributed by atoms with Gasteiger partial charge in [-0.05, 0) is 30.3 Å². The summed E-state index contributed by atoms with van der Waals surface area (Å²) in [4.78, 5) is 27.7. The quantitative estimate of drug-likeness (QED) is 0.406. The van der Waals surface area contributed by atoms with Gasteiger partial charge < -0.3 is 15.0 Å². The molecule has 2 N–H and O–H groups in total. The highest BCUT2D eigenvalue weighted by molar-refractivity contribution is 7.90. The maximum absolute atomic E-state index is 13.3. The summed E-state index contributed by atoms with van der Waals surface area (Å²) in [6, 6.07) is 6.78. The van der Waals surface area contributed by atoms with Crippen molar-refractivity contribution >= 4 is 44.5 Å². The molecule has 5 aromatic rings. The Balaban J connectivity index is 1.61. The van der Waals surface area contributed by atoms with E-state index in [-0.39, 0.29) is 57.2 Å². The van der Waals surface area contributed by atoms with Gasteiger partial charge in [0.1, 0.15) is 17.0 Å². The molecular formula is C20H18ClFN6O4S. The van der Waals surface area contributed by atoms with Gasteiger partial charge in [-0.2, -0.15) is 4.98 Å². The lowest BCUT2D eigenvalue weighted by molar-refractivity contribution is 0.0948. The zero-order valence-corrected chi connectivity index (χ0v) is 19.0. The lowest BCUT2D eigenvalue weighted by Gasteiger charge is -2.20. The molecule has 172 valence electrons. The number of methoxy groups -OCH3 is 1. The van der Waals surface area contributed by atoms with Gasteiger partial charge in [-0.1, -0.05) is 11.6 Å². The Bertz CT molecular complexity index is 1510. The van der Waals surface area contributed by atoms with Crippen LogP contribution in [0.3, 0.4) is 0 Å². The highest BCUT2D eigenvalue weighted by Gasteiger charge is 2.24. The number of carbonyl (C=O) groups is 1. The van der Waals surface area contributed by atoms with Crippen LogP contribution >= 0.6 is 11.6 Å². The minimum atomic E-state index is -3.75. The van der Waals surface area contributed by atoms with Crippen LogP contribution in [0, 0.1) is 5.82 Å². The van der Waals surface area contributed by atoms with E-state index < -0.39 is 15.7 Å². The van der Waals surface area contributed by atoms with Crippen LogP contribution in [0.5, 0.6) is 5.88 Å². The van der Waals surface area contributed by atoms with E-state index in [9.17, 15) is 17.6 Å². The fraction of sp³-hybridized carbons (Fsp3) is 0.200. The van der Waals surface area contributed by atoms with Crippen molar-refractivity contribution in [2.75, 3.05) is 19.9 Å². The Morgan fingerprint density at radius 2 is 2.15 bits per heavy atom. The monoisotopic (exact) mass is 492 g/mol. The molecule has 1 aromatic carbocycles. The van der Waals surface area contributed by atoms with Crippen molar-refractivity contribution in [2.45, 2.75) is 11.4 Å². The van der Waals surface area contributed by atoms with Gasteiger partial charge in [0, 0.05) is 25.5 Å². The van der Waals surface area contributed by atoms with Crippen LogP contribution in [-0.2, 0) is 16.4 Å². The number of amides is 1. The van der Waals surface area contributed by atoms with Crippen LogP contribution in [0.25, 0.3) is 11.4 Å². The predicted octanol–water partition coefficient (Wildman–Crippen LogP) is 2.06. The zero-order chi connectivity index (χ0) is 23.8. The molecule has 1 amide bonds. The number of carbonyl (C=O) groups excluding carboxylic acids is 1. The highest BCUT2D eigenvalue weighted by Crippen LogP contribution is 2.26. The molecule has 0 unspecified atom stereocenters. The van der Waals surface area contributed by atoms with E-state index >= 15 is 0 Å². The van der Waals surface area contributed by atoms with Gasteiger partial charge in [0.25, 0.3) is 5.91 Å². The van der Waals surface area contributed by atoms with Crippen LogP contribution in [0.15, 0.2) is 46.4 Å². The van der Waals surface area contributed by atoms with Gasteiger partial charge in [0.05, 0.1) is 17.8 Å². The first-order valence-corrected chi connectivity index (χ1v) is 11.8. The Morgan fingerprint density at radius 1 is 1.36 bits per heavy atom. The number of benzene rings is 1. The second-order valence-corrected chi connectivity index (χ2v) is 9.37. The molecule has 0 radical (unpaired) electrons. The van der Waals surface area contributed by atoms with Crippen LogP contribution in [0.2, 0.25) is 5.02 Å². The Labute approximate surface area is 192 Å². The van der Waals surface area contributed by atoms with Gasteiger partial charge in [-0.15, -0.1) is 0 Å². The number of aromatic nitrogens is 4. The first-order valence-electron chi connectivity index (χ1n) is 9.58. The number of aromatic amines is 1. The maximum Gasteiger partial charge on any atom is 0.256 e. The topological polar surface area (TPSA) is 131 Å². The SMILES string of the molecule is COc1ncccc1C(=O)NCCn1c2nc(=Nc3ccc(F)cc3Cl)c(S(C)(=O)=O)c1[nH]2. The van der Waals surface area contributed by atoms with E-state index in [1.54, 1.807) is 16.7 Å². The van der Waals surface area contributed by atoms with Crippen LogP contribution in [-0.4, -0.2) is 53.8 Å². The van der Waals surface area contributed by atoms with E-state index in [2.05, 4.69) is 25.3 Å². The van der Waals surface area contributed by atoms with E-state index in [1.165, 1.54) is 25.4 Å². The van der Waals surface area contributed by atoms with Gasteiger partial charge in [0.15, 0.2) is 20.2 Å². The molecule has 13 heteroatoms. The third kappa shape index (κ3) is 4.52. The lowest BCUT2D eigenvalue weighted by Crippen LogP contribution is -2.32. The number of nitrogens with zero attached hydrogens (tertiary/aromatic N) is 4. The number of halogens is 2. The molecule has 0 atom stereocenters. The molecule has 0 aliphatic carbocycles. The molecule has 4 heterocycles. The average Bonchev–Trinajstić information content (AvgIpc) is 2.77. The van der Waals surface area contributed by atoms with Gasteiger partial charge in [0.2, 0.25) is 11.7 Å². The molecule has 0 fully saturated rings. The smallest absolute Gasteiger partial charge is 0.256 e. The number of pyridine rings is 1. The Hall–Kier alpha value is -3.51. The summed E-state index contributed by atoms with van der Waals surface area (Å²) in [5.74, 6) is -0.361. The first kappa shape index (κ1) is 22.7. The number of sulfone groups is 1. The molecule has 10 nitrogen and oxygen atoms in total. The molecule has 2 bridgehead atoms. The molecule has 0 aliphatic heterocycles. The summed E-state index contributed by atoms with van der Waals surface area (Å²) in [7, 11) is -2.33. The highest BCUT2D eigenvalue weighted by atomic mass is 35.5. The summed E-state index contributed by atoms with van der Waals surface area (Å²) in [5.41, 5.74) is 0.688. The number of hydrogen-bond donors (Lipinski definition) is 2. The van der Waals surface area contributed by atoms with E-state index in [1.807, 2.05) is 0 Å². The molecule has 0 spiro atoms. The maximum atomic E-state index is 13.3. The fourth-order valence-electron chi connectivity index (χ4n) is 3.24. The van der Waals surface area contributed by atoms with Crippen molar-refractivity contribution in [2.24, 2.45) is 4.99 Å². The zero-order valence-electron chi connectivity index (χ0n) is 17.5. The number of fused-ring (bicyclic) bond motifs is 2. The molecule has 5 rings (SSSR count). The average molecular weight is 493 g/mol. The van der Waals surface area contributed by atoms with Crippen molar-refractivity contribution < 1.29 is 22.3 Å². The number of H-pyrrole nitrogens is 1. The minimum Gasteiger partial charge on any atom is -0.480 e. The first-order chi connectivity index (χ1) is 15.7. The molecule has 0 saturated heterocycles. The summed E-state index contributed by atoms with van der Waals surface area (Å²) < 4.78 is 45.0. The second-order valence-electron chi connectivity index (χ2n) is 7.01. The van der Waals surface area contributed by atoms with E-state index in [4.69, 9.17) is 16.3 Å². The summed E-state index contributed by atoms with van der Waals surface area (Å²) in [6.07, 6.45) is 2.55. The van der Waals surface area contributed by atoms with Crippen molar-refractivity contribution in [3.05, 3.63) is 58.4 Å². The largest absolute Gasteiger partial charge is 0.480 e. The lowest BCUT2D eigenvalue weighted by atomic mass is 10.2. The minimum absolute atomic E-state index is 0.0261. The van der Waals surface area contributed by atoms with Crippen molar-refractivity contribution in [3.8, 4) is 5.88 Å². The number of ether oxygens (including phenoxy) is 1. The third-order valence-electron chi connectivity index (χ3n) is 4.72. The van der Waals surface area contributed by atoms with Crippen LogP contribution < -0.4 is 15.5 Å². The molecule has 0 saturated carbocycles. The summed E-state index contributed by atoms with van der Waals surface area (Å²) >= 11 is 6.02. The number of rotatable bonds is 7. The molecule has 4 aromatic heterocycles. The Morgan fingerprint density at radius 3 is 2.85 bits per heavy atom. The normalized spacial score (nSPS) is 12.4. The second kappa shape index (κ2) is 8.79. The molecular weight excluding hydrogens is 475 g/mol. The van der Waals surface area contributed by atoms with Crippen LogP contribution in [0.1, 0.15) is 10.4 Å². The number of nitrogens with one attached hydrogen (secondary N) is 2. The predicted molar refractivity (Wildman–Crippen MR) is 118 cm³/mol. The molecule has 0 aliphatic rings. The van der Waals surface area contributed by atoms with Gasteiger partial charge in [-0.3, -0.25) is 9.36 Å². The fourth-order valence-corrected chi connectivity index (χ4v) is 4.39. The van der Waals surface area contributed by atoms with Crippen LogP contribution in [0.4, 0.5) is 10.1 Å². The summed E-state index contributed by atoms with van der Waals surface area (Å²) in [5, 5.41) is 2.77. The van der Waals surface area contributed by atoms with Crippen molar-refractivity contribution in [1.82, 2.24) is 24.8 Å². The Kier molecular flexibility index (Phi) is 6.04.